The fourth-order valence-corrected chi connectivity index (χ4v) is 4.58. The van der Waals surface area contributed by atoms with Gasteiger partial charge in [-0.15, -0.1) is 0 Å². The molecule has 50 heavy (non-hydrogen) atoms. The van der Waals surface area contributed by atoms with Gasteiger partial charge >= 0.3 is 0 Å². The molecule has 0 spiro atoms. The van der Waals surface area contributed by atoms with Gasteiger partial charge in [-0.05, 0) is 54.8 Å². The minimum absolute atomic E-state index is 0.433. The normalized spacial score (nSPS) is 11.2. The number of benzene rings is 2. The van der Waals surface area contributed by atoms with Gasteiger partial charge < -0.3 is 47.4 Å². The molecule has 2 aromatic rings. The topological polar surface area (TPSA) is 109 Å². The van der Waals surface area contributed by atoms with Crippen LogP contribution in [0.4, 0.5) is 0 Å². The first-order chi connectivity index (χ1) is 24.8. The standard InChI is InChI=1S/C39H62O11/c1-2-3-4-5-6-7-8-36-9-13-38(14-10-36)49-33-31-47-29-27-45-25-23-43-21-19-41-17-18-42-20-22-44-24-26-46-28-30-48-32-34-50-39-15-11-37(35-40)12-16-39/h9-16,35H,2-8,17-34H2,1H3. The molecule has 0 aliphatic rings. The predicted octanol–water partition coefficient (Wildman–Crippen LogP) is 5.99. The first-order valence-corrected chi connectivity index (χ1v) is 18.3. The molecule has 0 bridgehead atoms. The second-order valence-corrected chi connectivity index (χ2v) is 11.4. The van der Waals surface area contributed by atoms with E-state index in [2.05, 4.69) is 19.1 Å². The maximum Gasteiger partial charge on any atom is 0.150 e. The maximum atomic E-state index is 10.6. The van der Waals surface area contributed by atoms with E-state index >= 15 is 0 Å². The van der Waals surface area contributed by atoms with E-state index in [4.69, 9.17) is 47.4 Å². The molecule has 0 N–H and O–H groups in total. The average molecular weight is 707 g/mol. The van der Waals surface area contributed by atoms with E-state index in [1.165, 1.54) is 44.1 Å². The zero-order chi connectivity index (χ0) is 35.4. The Morgan fingerprint density at radius 1 is 0.400 bits per heavy atom. The van der Waals surface area contributed by atoms with Crippen molar-refractivity contribution in [2.45, 2.75) is 51.9 Å². The van der Waals surface area contributed by atoms with Crippen molar-refractivity contribution in [2.75, 3.05) is 119 Å². The zero-order valence-corrected chi connectivity index (χ0v) is 30.4. The third-order valence-corrected chi connectivity index (χ3v) is 7.36. The van der Waals surface area contributed by atoms with Crippen LogP contribution in [0.25, 0.3) is 0 Å². The van der Waals surface area contributed by atoms with Crippen LogP contribution in [-0.2, 0) is 44.3 Å². The van der Waals surface area contributed by atoms with E-state index in [9.17, 15) is 4.79 Å². The lowest BCUT2D eigenvalue weighted by Crippen LogP contribution is -2.15. The maximum absolute atomic E-state index is 10.6. The summed E-state index contributed by atoms with van der Waals surface area (Å²) in [5, 5.41) is 0. The highest BCUT2D eigenvalue weighted by Crippen LogP contribution is 2.15. The van der Waals surface area contributed by atoms with E-state index in [-0.39, 0.29) is 0 Å². The van der Waals surface area contributed by atoms with E-state index in [0.29, 0.717) is 130 Å². The summed E-state index contributed by atoms with van der Waals surface area (Å²) in [5.41, 5.74) is 2.00. The van der Waals surface area contributed by atoms with Gasteiger partial charge in [0, 0.05) is 5.56 Å². The number of rotatable bonds is 37. The van der Waals surface area contributed by atoms with Gasteiger partial charge in [-0.1, -0.05) is 51.2 Å². The lowest BCUT2D eigenvalue weighted by molar-refractivity contribution is -0.0241. The second kappa shape index (κ2) is 33.5. The average Bonchev–Trinajstić information content (AvgIpc) is 3.15. The molecule has 0 saturated heterocycles. The molecule has 284 valence electrons. The van der Waals surface area contributed by atoms with Gasteiger partial charge in [-0.3, -0.25) is 4.79 Å². The van der Waals surface area contributed by atoms with Crippen LogP contribution >= 0.6 is 0 Å². The minimum Gasteiger partial charge on any atom is -0.491 e. The van der Waals surface area contributed by atoms with Gasteiger partial charge in [0.1, 0.15) is 31.0 Å². The number of hydrogen-bond acceptors (Lipinski definition) is 11. The number of aldehydes is 1. The van der Waals surface area contributed by atoms with Crippen molar-refractivity contribution in [1.82, 2.24) is 0 Å². The molecule has 0 atom stereocenters. The molecule has 0 radical (unpaired) electrons. The first-order valence-electron chi connectivity index (χ1n) is 18.3. The number of hydrogen-bond donors (Lipinski definition) is 0. The molecule has 0 aliphatic heterocycles. The summed E-state index contributed by atoms with van der Waals surface area (Å²) >= 11 is 0. The number of carbonyl (C=O) groups is 1. The van der Waals surface area contributed by atoms with Gasteiger partial charge in [0.25, 0.3) is 0 Å². The van der Waals surface area contributed by atoms with Crippen LogP contribution < -0.4 is 9.47 Å². The van der Waals surface area contributed by atoms with Crippen molar-refractivity contribution in [3.05, 3.63) is 59.7 Å². The zero-order valence-electron chi connectivity index (χ0n) is 30.4. The smallest absolute Gasteiger partial charge is 0.150 e. The largest absolute Gasteiger partial charge is 0.491 e. The Hall–Kier alpha value is -2.61. The SMILES string of the molecule is CCCCCCCCc1ccc(OCCOCCOCCOCCOCCOCCOCCOCCOCCOc2ccc(C=O)cc2)cc1. The van der Waals surface area contributed by atoms with E-state index < -0.39 is 0 Å². The Labute approximate surface area is 300 Å². The molecule has 0 heterocycles. The summed E-state index contributed by atoms with van der Waals surface area (Å²) in [6, 6.07) is 15.4. The Morgan fingerprint density at radius 3 is 1.08 bits per heavy atom. The van der Waals surface area contributed by atoms with Gasteiger partial charge in [0.2, 0.25) is 0 Å². The predicted molar refractivity (Wildman–Crippen MR) is 193 cm³/mol. The third-order valence-electron chi connectivity index (χ3n) is 7.36. The fourth-order valence-electron chi connectivity index (χ4n) is 4.58. The summed E-state index contributed by atoms with van der Waals surface area (Å²) in [7, 11) is 0. The Bertz CT molecular complexity index is 1000. The molecule has 0 unspecified atom stereocenters. The van der Waals surface area contributed by atoms with E-state index in [1.54, 1.807) is 24.3 Å². The van der Waals surface area contributed by atoms with Crippen LogP contribution in [0.3, 0.4) is 0 Å². The quantitative estimate of drug-likeness (QED) is 0.0611. The van der Waals surface area contributed by atoms with Crippen molar-refractivity contribution in [1.29, 1.82) is 0 Å². The molecule has 2 rings (SSSR count). The van der Waals surface area contributed by atoms with Gasteiger partial charge in [0.15, 0.2) is 0 Å². The summed E-state index contributed by atoms with van der Waals surface area (Å²) in [5.74, 6) is 1.59. The Kier molecular flexibility index (Phi) is 29.2. The highest BCUT2D eigenvalue weighted by atomic mass is 16.6. The number of unbranched alkanes of at least 4 members (excludes halogenated alkanes) is 5. The third kappa shape index (κ3) is 26.2. The van der Waals surface area contributed by atoms with E-state index in [0.717, 1.165) is 18.5 Å². The molecule has 11 heteroatoms. The molecule has 0 aliphatic carbocycles. The second-order valence-electron chi connectivity index (χ2n) is 11.4. The van der Waals surface area contributed by atoms with Crippen LogP contribution in [0.1, 0.15) is 61.4 Å². The van der Waals surface area contributed by atoms with Crippen molar-refractivity contribution in [2.24, 2.45) is 0 Å². The van der Waals surface area contributed by atoms with Crippen LogP contribution in [0.15, 0.2) is 48.5 Å². The van der Waals surface area contributed by atoms with Crippen LogP contribution in [0.2, 0.25) is 0 Å². The molecule has 0 fully saturated rings. The monoisotopic (exact) mass is 706 g/mol. The summed E-state index contributed by atoms with van der Waals surface area (Å²) in [6.07, 6.45) is 9.88. The van der Waals surface area contributed by atoms with Crippen molar-refractivity contribution < 1.29 is 52.2 Å². The van der Waals surface area contributed by atoms with Crippen LogP contribution in [0, 0.1) is 0 Å². The van der Waals surface area contributed by atoms with Gasteiger partial charge in [-0.2, -0.15) is 0 Å². The fraction of sp³-hybridized carbons (Fsp3) is 0.667. The highest BCUT2D eigenvalue weighted by Gasteiger charge is 1.99. The number of carbonyl (C=O) groups excluding carboxylic acids is 1. The molecule has 0 amide bonds. The number of ether oxygens (including phenoxy) is 10. The molecular weight excluding hydrogens is 644 g/mol. The summed E-state index contributed by atoms with van der Waals surface area (Å²) in [6.45, 7) is 11.3. The lowest BCUT2D eigenvalue weighted by atomic mass is 10.0. The molecule has 11 nitrogen and oxygen atoms in total. The minimum atomic E-state index is 0.433. The molecular formula is C39H62O11. The van der Waals surface area contributed by atoms with Crippen LogP contribution in [0.5, 0.6) is 11.5 Å². The lowest BCUT2D eigenvalue weighted by Gasteiger charge is -2.09. The summed E-state index contributed by atoms with van der Waals surface area (Å²) in [4.78, 5) is 10.6. The summed E-state index contributed by atoms with van der Waals surface area (Å²) < 4.78 is 55.4. The highest BCUT2D eigenvalue weighted by molar-refractivity contribution is 5.74. The van der Waals surface area contributed by atoms with E-state index in [1.807, 2.05) is 12.1 Å². The molecule has 0 saturated carbocycles. The van der Waals surface area contributed by atoms with Crippen molar-refractivity contribution >= 4 is 6.29 Å². The van der Waals surface area contributed by atoms with Crippen LogP contribution in [-0.4, -0.2) is 125 Å². The van der Waals surface area contributed by atoms with Crippen molar-refractivity contribution in [3.8, 4) is 11.5 Å². The Balaban J connectivity index is 1.20. The molecule has 0 aromatic heterocycles. The van der Waals surface area contributed by atoms with Gasteiger partial charge in [-0.25, -0.2) is 0 Å². The van der Waals surface area contributed by atoms with Gasteiger partial charge in [0.05, 0.1) is 106 Å². The first kappa shape index (κ1) is 43.6. The van der Waals surface area contributed by atoms with Crippen molar-refractivity contribution in [3.63, 3.8) is 0 Å². The molecule has 2 aromatic carbocycles. The number of aryl methyl sites for hydroxylation is 1. The Morgan fingerprint density at radius 2 is 0.720 bits per heavy atom.